The quantitative estimate of drug-likeness (QED) is 0.408. The second-order valence-corrected chi connectivity index (χ2v) is 9.06. The normalized spacial score (nSPS) is 16.6. The Morgan fingerprint density at radius 3 is 2.53 bits per heavy atom. The Balaban J connectivity index is 1.60. The minimum Gasteiger partial charge on any atom is -0.496 e. The molecular formula is C30H33NO3. The van der Waals surface area contributed by atoms with E-state index in [1.807, 2.05) is 6.07 Å². The Morgan fingerprint density at radius 2 is 1.79 bits per heavy atom. The fraction of sp³-hybridized carbons (Fsp3) is 0.300. The maximum Gasteiger partial charge on any atom is 0.320 e. The molecule has 176 valence electrons. The van der Waals surface area contributed by atoms with Gasteiger partial charge in [0.25, 0.3) is 0 Å². The summed E-state index contributed by atoms with van der Waals surface area (Å²) in [6.07, 6.45) is 7.01. The van der Waals surface area contributed by atoms with Crippen LogP contribution in [0, 0.1) is 13.8 Å². The maximum absolute atomic E-state index is 11.7. The Bertz CT molecular complexity index is 1180. The number of carboxylic acid groups (broad SMARTS) is 1. The molecule has 0 saturated carbocycles. The zero-order valence-electron chi connectivity index (χ0n) is 20.3. The van der Waals surface area contributed by atoms with Gasteiger partial charge in [-0.3, -0.25) is 9.69 Å². The van der Waals surface area contributed by atoms with Crippen molar-refractivity contribution in [2.24, 2.45) is 0 Å². The van der Waals surface area contributed by atoms with Crippen molar-refractivity contribution in [3.05, 3.63) is 88.5 Å². The number of carboxylic acids is 1. The van der Waals surface area contributed by atoms with E-state index in [1.54, 1.807) is 7.11 Å². The zero-order chi connectivity index (χ0) is 24.1. The number of likely N-dealkylation sites (tertiary alicyclic amines) is 1. The molecule has 0 bridgehead atoms. The number of hydrogen-bond acceptors (Lipinski definition) is 3. The third-order valence-electron chi connectivity index (χ3n) is 6.84. The molecule has 1 heterocycles. The predicted molar refractivity (Wildman–Crippen MR) is 139 cm³/mol. The molecule has 0 aromatic heterocycles. The molecule has 0 spiro atoms. The second kappa shape index (κ2) is 10.7. The third-order valence-corrected chi connectivity index (χ3v) is 6.84. The lowest BCUT2D eigenvalue weighted by Crippen LogP contribution is -2.44. The lowest BCUT2D eigenvalue weighted by Gasteiger charge is -2.33. The fourth-order valence-electron chi connectivity index (χ4n) is 4.88. The summed E-state index contributed by atoms with van der Waals surface area (Å²) in [7, 11) is 1.68. The number of methoxy groups -OCH3 is 1. The summed E-state index contributed by atoms with van der Waals surface area (Å²) in [5, 5.41) is 9.62. The number of carbonyl (C=O) groups is 1. The van der Waals surface area contributed by atoms with Gasteiger partial charge < -0.3 is 9.84 Å². The smallest absolute Gasteiger partial charge is 0.320 e. The van der Waals surface area contributed by atoms with Crippen molar-refractivity contribution in [3.63, 3.8) is 0 Å². The van der Waals surface area contributed by atoms with Gasteiger partial charge in [-0.2, -0.15) is 0 Å². The molecule has 34 heavy (non-hydrogen) atoms. The van der Waals surface area contributed by atoms with Crippen LogP contribution in [0.4, 0.5) is 0 Å². The van der Waals surface area contributed by atoms with Gasteiger partial charge >= 0.3 is 5.97 Å². The van der Waals surface area contributed by atoms with Crippen LogP contribution in [0.2, 0.25) is 0 Å². The first-order valence-corrected chi connectivity index (χ1v) is 12.0. The summed E-state index contributed by atoms with van der Waals surface area (Å²) in [4.78, 5) is 13.8. The lowest BCUT2D eigenvalue weighted by atomic mass is 9.95. The van der Waals surface area contributed by atoms with Gasteiger partial charge in [0.05, 0.1) is 7.11 Å². The van der Waals surface area contributed by atoms with Crippen LogP contribution in [0.15, 0.2) is 60.7 Å². The van der Waals surface area contributed by atoms with Crippen LogP contribution in [-0.4, -0.2) is 35.7 Å². The summed E-state index contributed by atoms with van der Waals surface area (Å²) >= 11 is 0. The number of piperidine rings is 1. The Labute approximate surface area is 202 Å². The zero-order valence-corrected chi connectivity index (χ0v) is 20.3. The largest absolute Gasteiger partial charge is 0.496 e. The van der Waals surface area contributed by atoms with E-state index in [1.165, 1.54) is 22.3 Å². The highest BCUT2D eigenvalue weighted by atomic mass is 16.5. The highest BCUT2D eigenvalue weighted by Gasteiger charge is 2.29. The Morgan fingerprint density at radius 1 is 1.03 bits per heavy atom. The van der Waals surface area contributed by atoms with Crippen molar-refractivity contribution in [2.75, 3.05) is 13.7 Å². The van der Waals surface area contributed by atoms with Gasteiger partial charge in [-0.25, -0.2) is 0 Å². The highest BCUT2D eigenvalue weighted by Crippen LogP contribution is 2.30. The maximum atomic E-state index is 11.7. The third kappa shape index (κ3) is 5.23. The second-order valence-electron chi connectivity index (χ2n) is 9.06. The van der Waals surface area contributed by atoms with Crippen molar-refractivity contribution in [1.29, 1.82) is 0 Å². The van der Waals surface area contributed by atoms with Gasteiger partial charge in [-0.15, -0.1) is 0 Å². The van der Waals surface area contributed by atoms with E-state index in [2.05, 4.69) is 85.5 Å². The first-order chi connectivity index (χ1) is 16.5. The fourth-order valence-corrected chi connectivity index (χ4v) is 4.88. The van der Waals surface area contributed by atoms with E-state index in [-0.39, 0.29) is 0 Å². The van der Waals surface area contributed by atoms with Crippen LogP contribution in [0.25, 0.3) is 23.3 Å². The molecular weight excluding hydrogens is 422 g/mol. The number of aliphatic carboxylic acids is 1. The van der Waals surface area contributed by atoms with Gasteiger partial charge in [0.2, 0.25) is 0 Å². The standard InChI is InChI=1S/C30H33NO3/c1-21-18-26(20-31-17-8-7-14-28(31)30(32)33)29(34-3)19-25(21)16-15-23-12-9-13-27(22(23)2)24-10-5-4-6-11-24/h4-6,9-13,15-16,18-19,28H,7-8,14,17,20H2,1-3H3,(H,32,33). The molecule has 1 N–H and O–H groups in total. The molecule has 0 aliphatic carbocycles. The van der Waals surface area contributed by atoms with Crippen molar-refractivity contribution in [2.45, 2.75) is 45.7 Å². The number of aryl methyl sites for hydroxylation is 1. The Kier molecular flexibility index (Phi) is 7.49. The molecule has 1 aliphatic heterocycles. The summed E-state index contributed by atoms with van der Waals surface area (Å²) < 4.78 is 5.72. The molecule has 1 fully saturated rings. The summed E-state index contributed by atoms with van der Waals surface area (Å²) in [6.45, 7) is 5.65. The van der Waals surface area contributed by atoms with Gasteiger partial charge in [0.1, 0.15) is 11.8 Å². The molecule has 0 amide bonds. The average molecular weight is 456 g/mol. The van der Waals surface area contributed by atoms with Crippen molar-refractivity contribution < 1.29 is 14.6 Å². The molecule has 1 atom stereocenters. The van der Waals surface area contributed by atoms with Crippen LogP contribution < -0.4 is 4.74 Å². The predicted octanol–water partition coefficient (Wildman–Crippen LogP) is 6.59. The Hall–Kier alpha value is -3.37. The van der Waals surface area contributed by atoms with E-state index < -0.39 is 12.0 Å². The topological polar surface area (TPSA) is 49.8 Å². The monoisotopic (exact) mass is 455 g/mol. The highest BCUT2D eigenvalue weighted by molar-refractivity contribution is 5.78. The van der Waals surface area contributed by atoms with E-state index >= 15 is 0 Å². The first-order valence-electron chi connectivity index (χ1n) is 12.0. The summed E-state index contributed by atoms with van der Waals surface area (Å²) in [6, 6.07) is 20.6. The van der Waals surface area contributed by atoms with E-state index in [0.29, 0.717) is 13.0 Å². The van der Waals surface area contributed by atoms with Gasteiger partial charge in [0, 0.05) is 12.1 Å². The van der Waals surface area contributed by atoms with Gasteiger partial charge in [-0.1, -0.05) is 73.2 Å². The minimum absolute atomic E-state index is 0.418. The summed E-state index contributed by atoms with van der Waals surface area (Å²) in [5.41, 5.74) is 8.16. The van der Waals surface area contributed by atoms with Gasteiger partial charge in [0.15, 0.2) is 0 Å². The number of ether oxygens (including phenoxy) is 1. The van der Waals surface area contributed by atoms with Crippen LogP contribution >= 0.6 is 0 Å². The van der Waals surface area contributed by atoms with Gasteiger partial charge in [-0.05, 0) is 72.7 Å². The molecule has 1 aliphatic rings. The average Bonchev–Trinajstić information content (AvgIpc) is 2.85. The molecule has 1 unspecified atom stereocenters. The number of benzene rings is 3. The molecule has 4 nitrogen and oxygen atoms in total. The van der Waals surface area contributed by atoms with Crippen molar-refractivity contribution >= 4 is 18.1 Å². The lowest BCUT2D eigenvalue weighted by molar-refractivity contribution is -0.144. The van der Waals surface area contributed by atoms with Crippen molar-refractivity contribution in [1.82, 2.24) is 4.90 Å². The molecule has 4 rings (SSSR count). The molecule has 0 radical (unpaired) electrons. The van der Waals surface area contributed by atoms with E-state index in [4.69, 9.17) is 4.74 Å². The SMILES string of the molecule is COc1cc(C=Cc2cccc(-c3ccccc3)c2C)c(C)cc1CN1CCCCC1C(=O)O. The molecule has 1 saturated heterocycles. The number of hydrogen-bond donors (Lipinski definition) is 1. The van der Waals surface area contributed by atoms with Crippen LogP contribution in [-0.2, 0) is 11.3 Å². The van der Waals surface area contributed by atoms with Crippen LogP contribution in [0.1, 0.15) is 47.1 Å². The van der Waals surface area contributed by atoms with Crippen molar-refractivity contribution in [3.8, 4) is 16.9 Å². The first kappa shape index (κ1) is 23.8. The molecule has 3 aromatic rings. The van der Waals surface area contributed by atoms with E-state index in [0.717, 1.165) is 41.8 Å². The molecule has 4 heteroatoms. The summed E-state index contributed by atoms with van der Waals surface area (Å²) in [5.74, 6) is 0.0674. The minimum atomic E-state index is -0.733. The molecule has 3 aromatic carbocycles. The van der Waals surface area contributed by atoms with E-state index in [9.17, 15) is 9.90 Å². The number of rotatable bonds is 7. The van der Waals surface area contributed by atoms with Crippen LogP contribution in [0.5, 0.6) is 5.75 Å². The van der Waals surface area contributed by atoms with Crippen LogP contribution in [0.3, 0.4) is 0 Å². The number of nitrogens with zero attached hydrogens (tertiary/aromatic N) is 1.